The van der Waals surface area contributed by atoms with Crippen LogP contribution in [0.4, 0.5) is 0 Å². The molecule has 0 aliphatic rings. The van der Waals surface area contributed by atoms with Crippen LogP contribution < -0.4 is 0 Å². The average Bonchev–Trinajstić information content (AvgIpc) is 1.87. The van der Waals surface area contributed by atoms with Gasteiger partial charge in [-0.05, 0) is 26.7 Å². The Balaban J connectivity index is 3.29. The van der Waals surface area contributed by atoms with Crippen LogP contribution in [-0.2, 0) is 0 Å². The van der Waals surface area contributed by atoms with Crippen LogP contribution in [0, 0.1) is 0 Å². The largest absolute Gasteiger partial charge is 0.0991 e. The molecule has 0 nitrogen and oxygen atoms in total. The molecule has 0 heteroatoms. The number of allylic oxidation sites excluding steroid dienone is 5. The molecule has 0 heterocycles. The molecule has 0 saturated heterocycles. The summed E-state index contributed by atoms with van der Waals surface area (Å²) in [4.78, 5) is 0. The molecule has 0 N–H and O–H groups in total. The second-order valence-corrected chi connectivity index (χ2v) is 2.52. The summed E-state index contributed by atoms with van der Waals surface area (Å²) in [6.45, 7) is 7.84. The van der Waals surface area contributed by atoms with Crippen molar-refractivity contribution in [3.05, 3.63) is 36.5 Å². The van der Waals surface area contributed by atoms with Crippen LogP contribution in [0.1, 0.15) is 26.7 Å². The standard InChI is InChI=1S/C10H16/c1-4-5-6-7-8-9-10(2)3/h4-6,9H,1,7-8H2,2-3H3. The van der Waals surface area contributed by atoms with Gasteiger partial charge in [0.05, 0.1) is 0 Å². The molecule has 0 radical (unpaired) electrons. The highest BCUT2D eigenvalue weighted by Gasteiger charge is 1.76. The van der Waals surface area contributed by atoms with Gasteiger partial charge in [0.1, 0.15) is 0 Å². The highest BCUT2D eigenvalue weighted by atomic mass is 13.8. The molecule has 0 unspecified atom stereocenters. The first-order valence-corrected chi connectivity index (χ1v) is 3.68. The molecule has 0 fully saturated rings. The van der Waals surface area contributed by atoms with E-state index in [-0.39, 0.29) is 0 Å². The Morgan fingerprint density at radius 2 is 2.00 bits per heavy atom. The smallest absolute Gasteiger partial charge is 0.0313 e. The molecule has 0 aromatic heterocycles. The van der Waals surface area contributed by atoms with E-state index in [9.17, 15) is 0 Å². The van der Waals surface area contributed by atoms with Crippen LogP contribution in [0.2, 0.25) is 0 Å². The maximum absolute atomic E-state index is 3.59. The number of rotatable bonds is 4. The van der Waals surface area contributed by atoms with Crippen molar-refractivity contribution in [2.24, 2.45) is 0 Å². The molecule has 0 aromatic carbocycles. The maximum atomic E-state index is 3.59. The highest BCUT2D eigenvalue weighted by Crippen LogP contribution is 1.97. The average molecular weight is 136 g/mol. The van der Waals surface area contributed by atoms with Crippen molar-refractivity contribution in [2.75, 3.05) is 0 Å². The summed E-state index contributed by atoms with van der Waals surface area (Å²) in [5, 5.41) is 0. The fourth-order valence-electron chi connectivity index (χ4n) is 0.661. The van der Waals surface area contributed by atoms with Gasteiger partial charge >= 0.3 is 0 Å². The summed E-state index contributed by atoms with van der Waals surface area (Å²) < 4.78 is 0. The summed E-state index contributed by atoms with van der Waals surface area (Å²) in [5.41, 5.74) is 1.40. The summed E-state index contributed by atoms with van der Waals surface area (Å²) in [6, 6.07) is 0. The Bertz CT molecular complexity index is 134. The predicted octanol–water partition coefficient (Wildman–Crippen LogP) is 3.48. The molecule has 0 aromatic rings. The van der Waals surface area contributed by atoms with E-state index in [0.29, 0.717) is 0 Å². The first kappa shape index (κ1) is 9.22. The minimum atomic E-state index is 1.12. The van der Waals surface area contributed by atoms with Crippen molar-refractivity contribution in [1.82, 2.24) is 0 Å². The van der Waals surface area contributed by atoms with E-state index in [1.807, 2.05) is 12.2 Å². The van der Waals surface area contributed by atoms with E-state index in [4.69, 9.17) is 0 Å². The van der Waals surface area contributed by atoms with Gasteiger partial charge in [-0.25, -0.2) is 0 Å². The Kier molecular flexibility index (Phi) is 5.85. The Morgan fingerprint density at radius 3 is 2.50 bits per heavy atom. The zero-order chi connectivity index (χ0) is 7.82. The zero-order valence-corrected chi connectivity index (χ0v) is 6.93. The van der Waals surface area contributed by atoms with Crippen molar-refractivity contribution in [3.8, 4) is 0 Å². The van der Waals surface area contributed by atoms with E-state index in [2.05, 4.69) is 32.6 Å². The molecule has 0 aliphatic heterocycles. The van der Waals surface area contributed by atoms with Crippen LogP contribution in [0.15, 0.2) is 36.5 Å². The van der Waals surface area contributed by atoms with Crippen LogP contribution >= 0.6 is 0 Å². The third kappa shape index (κ3) is 7.22. The van der Waals surface area contributed by atoms with Crippen LogP contribution in [0.3, 0.4) is 0 Å². The zero-order valence-electron chi connectivity index (χ0n) is 6.93. The van der Waals surface area contributed by atoms with Crippen molar-refractivity contribution < 1.29 is 0 Å². The normalized spacial score (nSPS) is 9.80. The van der Waals surface area contributed by atoms with Crippen molar-refractivity contribution in [3.63, 3.8) is 0 Å². The van der Waals surface area contributed by atoms with Gasteiger partial charge in [-0.3, -0.25) is 0 Å². The van der Waals surface area contributed by atoms with Gasteiger partial charge in [0.25, 0.3) is 0 Å². The second kappa shape index (κ2) is 6.34. The van der Waals surface area contributed by atoms with Gasteiger partial charge in [0.2, 0.25) is 0 Å². The number of hydrogen-bond acceptors (Lipinski definition) is 0. The SMILES string of the molecule is C=CC=CCCC=C(C)C. The van der Waals surface area contributed by atoms with Crippen molar-refractivity contribution in [1.29, 1.82) is 0 Å². The topological polar surface area (TPSA) is 0 Å². The lowest BCUT2D eigenvalue weighted by Crippen LogP contribution is -1.66. The van der Waals surface area contributed by atoms with E-state index in [1.165, 1.54) is 5.57 Å². The maximum Gasteiger partial charge on any atom is -0.0313 e. The molecule has 0 atom stereocenters. The molecule has 0 saturated carbocycles. The summed E-state index contributed by atoms with van der Waals surface area (Å²) in [7, 11) is 0. The first-order chi connectivity index (χ1) is 4.77. The second-order valence-electron chi connectivity index (χ2n) is 2.52. The molecule has 0 spiro atoms. The lowest BCUT2D eigenvalue weighted by atomic mass is 10.2. The van der Waals surface area contributed by atoms with E-state index in [0.717, 1.165) is 12.8 Å². The number of hydrogen-bond donors (Lipinski definition) is 0. The predicted molar refractivity (Wildman–Crippen MR) is 48.0 cm³/mol. The summed E-state index contributed by atoms with van der Waals surface area (Å²) in [5.74, 6) is 0. The van der Waals surface area contributed by atoms with Gasteiger partial charge in [-0.1, -0.05) is 36.5 Å². The third-order valence-corrected chi connectivity index (χ3v) is 1.16. The molecule has 0 aliphatic carbocycles. The van der Waals surface area contributed by atoms with Gasteiger partial charge in [0.15, 0.2) is 0 Å². The summed E-state index contributed by atoms with van der Waals surface area (Å²) in [6.07, 6.45) is 10.4. The van der Waals surface area contributed by atoms with Gasteiger partial charge < -0.3 is 0 Å². The molecular formula is C10H16. The Labute approximate surface area is 64.0 Å². The fraction of sp³-hybridized carbons (Fsp3) is 0.400. The molecule has 0 amide bonds. The fourth-order valence-corrected chi connectivity index (χ4v) is 0.661. The van der Waals surface area contributed by atoms with Crippen LogP contribution in [0.5, 0.6) is 0 Å². The van der Waals surface area contributed by atoms with E-state index in [1.54, 1.807) is 0 Å². The lowest BCUT2D eigenvalue weighted by molar-refractivity contribution is 1.03. The van der Waals surface area contributed by atoms with Crippen LogP contribution in [-0.4, -0.2) is 0 Å². The number of unbranched alkanes of at least 4 members (excludes halogenated alkanes) is 1. The Morgan fingerprint density at radius 1 is 1.30 bits per heavy atom. The van der Waals surface area contributed by atoms with E-state index < -0.39 is 0 Å². The van der Waals surface area contributed by atoms with Crippen LogP contribution in [0.25, 0.3) is 0 Å². The first-order valence-electron chi connectivity index (χ1n) is 3.68. The van der Waals surface area contributed by atoms with Crippen molar-refractivity contribution in [2.45, 2.75) is 26.7 Å². The monoisotopic (exact) mass is 136 g/mol. The molecule has 0 rings (SSSR count). The molecule has 0 bridgehead atoms. The lowest BCUT2D eigenvalue weighted by Gasteiger charge is -1.87. The third-order valence-electron chi connectivity index (χ3n) is 1.16. The molecule has 10 heavy (non-hydrogen) atoms. The minimum Gasteiger partial charge on any atom is -0.0991 e. The van der Waals surface area contributed by atoms with Crippen molar-refractivity contribution >= 4 is 0 Å². The minimum absolute atomic E-state index is 1.12. The highest BCUT2D eigenvalue weighted by molar-refractivity contribution is 4.99. The molecule has 56 valence electrons. The van der Waals surface area contributed by atoms with E-state index >= 15 is 0 Å². The summed E-state index contributed by atoms with van der Waals surface area (Å²) >= 11 is 0. The molecular weight excluding hydrogens is 120 g/mol. The van der Waals surface area contributed by atoms with Gasteiger partial charge in [0, 0.05) is 0 Å². The van der Waals surface area contributed by atoms with Gasteiger partial charge in [-0.2, -0.15) is 0 Å². The Hall–Kier alpha value is -0.780. The van der Waals surface area contributed by atoms with Gasteiger partial charge in [-0.15, -0.1) is 0 Å². The quantitative estimate of drug-likeness (QED) is 0.315.